The van der Waals surface area contributed by atoms with E-state index in [0.29, 0.717) is 5.56 Å². The topological polar surface area (TPSA) is 17.1 Å². The average Bonchev–Trinajstić information content (AvgIpc) is 2.65. The second-order valence-corrected chi connectivity index (χ2v) is 6.86. The summed E-state index contributed by atoms with van der Waals surface area (Å²) in [6.07, 6.45) is 3.60. The van der Waals surface area contributed by atoms with Crippen molar-refractivity contribution in [1.29, 1.82) is 0 Å². The van der Waals surface area contributed by atoms with Crippen LogP contribution in [0.5, 0.6) is 0 Å². The molecule has 0 N–H and O–H groups in total. The van der Waals surface area contributed by atoms with Gasteiger partial charge in [0.1, 0.15) is 0 Å². The molecule has 2 heteroatoms. The zero-order chi connectivity index (χ0) is 17.2. The first-order valence-electron chi connectivity index (χ1n) is 8.11. The van der Waals surface area contributed by atoms with E-state index in [4.69, 9.17) is 0 Å². The van der Waals surface area contributed by atoms with Gasteiger partial charge >= 0.3 is 0 Å². The molecule has 0 saturated carbocycles. The molecule has 0 fully saturated rings. The number of carbonyl (C=O) groups is 1. The number of hydrogen-bond acceptors (Lipinski definition) is 1. The van der Waals surface area contributed by atoms with Crippen LogP contribution in [0.2, 0.25) is 0 Å². The van der Waals surface area contributed by atoms with Gasteiger partial charge in [0.15, 0.2) is 5.78 Å². The number of allylic oxidation sites excluding steroid dienone is 1. The zero-order valence-corrected chi connectivity index (χ0v) is 15.0. The molecule has 0 amide bonds. The van der Waals surface area contributed by atoms with Gasteiger partial charge in [-0.15, -0.1) is 0 Å². The van der Waals surface area contributed by atoms with Gasteiger partial charge in [-0.05, 0) is 57.5 Å². The standard InChI is InChI=1S/C23H15BrO/c24-19-9-5-8-18(15-19)23(25)13-12-22-20-10-3-1-6-16(20)14-17-7-2-4-11-21(17)22/h1-15H/b13-12-. The monoisotopic (exact) mass is 386 g/mol. The minimum Gasteiger partial charge on any atom is -0.289 e. The van der Waals surface area contributed by atoms with Crippen molar-refractivity contribution in [3.05, 3.63) is 101 Å². The van der Waals surface area contributed by atoms with Crippen molar-refractivity contribution in [2.75, 3.05) is 0 Å². The van der Waals surface area contributed by atoms with E-state index in [-0.39, 0.29) is 5.78 Å². The molecule has 0 aliphatic rings. The first kappa shape index (κ1) is 15.8. The Morgan fingerprint density at radius 3 is 2.04 bits per heavy atom. The number of rotatable bonds is 3. The highest BCUT2D eigenvalue weighted by atomic mass is 79.9. The summed E-state index contributed by atoms with van der Waals surface area (Å²) in [7, 11) is 0. The number of ketones is 1. The lowest BCUT2D eigenvalue weighted by atomic mass is 9.96. The normalized spacial score (nSPS) is 11.4. The van der Waals surface area contributed by atoms with Crippen molar-refractivity contribution < 1.29 is 4.79 Å². The Hall–Kier alpha value is -2.71. The van der Waals surface area contributed by atoms with E-state index in [1.807, 2.05) is 54.6 Å². The maximum atomic E-state index is 12.5. The number of fused-ring (bicyclic) bond motifs is 2. The minimum absolute atomic E-state index is 0.00156. The highest BCUT2D eigenvalue weighted by Gasteiger charge is 2.06. The minimum atomic E-state index is -0.00156. The van der Waals surface area contributed by atoms with Crippen LogP contribution in [-0.2, 0) is 0 Å². The Labute approximate surface area is 154 Å². The van der Waals surface area contributed by atoms with Gasteiger partial charge in [0.05, 0.1) is 0 Å². The maximum Gasteiger partial charge on any atom is 0.185 e. The summed E-state index contributed by atoms with van der Waals surface area (Å²) in [6.45, 7) is 0. The number of hydrogen-bond donors (Lipinski definition) is 0. The van der Waals surface area contributed by atoms with Crippen LogP contribution in [0, 0.1) is 0 Å². The molecule has 0 bridgehead atoms. The molecule has 0 radical (unpaired) electrons. The summed E-state index contributed by atoms with van der Waals surface area (Å²) in [5, 5.41) is 4.66. The third-order valence-corrected chi connectivity index (χ3v) is 4.82. The van der Waals surface area contributed by atoms with Crippen LogP contribution in [0.25, 0.3) is 27.6 Å². The van der Waals surface area contributed by atoms with E-state index < -0.39 is 0 Å². The van der Waals surface area contributed by atoms with Crippen LogP contribution in [0.4, 0.5) is 0 Å². The Bertz CT molecular complexity index is 1070. The number of carbonyl (C=O) groups excluding carboxylic acids is 1. The summed E-state index contributed by atoms with van der Waals surface area (Å²) >= 11 is 3.42. The lowest BCUT2D eigenvalue weighted by Gasteiger charge is -2.08. The summed E-state index contributed by atoms with van der Waals surface area (Å²) in [5.74, 6) is -0.00156. The highest BCUT2D eigenvalue weighted by molar-refractivity contribution is 9.10. The summed E-state index contributed by atoms with van der Waals surface area (Å²) in [4.78, 5) is 12.5. The Balaban J connectivity index is 1.86. The summed E-state index contributed by atoms with van der Waals surface area (Å²) in [6, 6.07) is 26.2. The van der Waals surface area contributed by atoms with Crippen LogP contribution in [-0.4, -0.2) is 5.78 Å². The van der Waals surface area contributed by atoms with Crippen molar-refractivity contribution in [1.82, 2.24) is 0 Å². The summed E-state index contributed by atoms with van der Waals surface area (Å²) in [5.41, 5.74) is 1.76. The van der Waals surface area contributed by atoms with Crippen LogP contribution in [0.3, 0.4) is 0 Å². The number of halogens is 1. The third kappa shape index (κ3) is 3.13. The quantitative estimate of drug-likeness (QED) is 0.218. The molecule has 4 aromatic carbocycles. The van der Waals surface area contributed by atoms with Crippen molar-refractivity contribution in [2.24, 2.45) is 0 Å². The van der Waals surface area contributed by atoms with E-state index in [1.54, 1.807) is 6.08 Å². The molecular formula is C23H15BrO. The van der Waals surface area contributed by atoms with Gasteiger partial charge in [0, 0.05) is 10.0 Å². The average molecular weight is 387 g/mol. The van der Waals surface area contributed by atoms with Gasteiger partial charge in [-0.2, -0.15) is 0 Å². The fourth-order valence-corrected chi connectivity index (χ4v) is 3.52. The van der Waals surface area contributed by atoms with Crippen molar-refractivity contribution in [3.63, 3.8) is 0 Å². The molecule has 0 heterocycles. The van der Waals surface area contributed by atoms with Crippen molar-refractivity contribution >= 4 is 49.3 Å². The highest BCUT2D eigenvalue weighted by Crippen LogP contribution is 2.29. The lowest BCUT2D eigenvalue weighted by molar-refractivity contribution is 0.104. The van der Waals surface area contributed by atoms with E-state index in [0.717, 1.165) is 20.8 Å². The molecule has 1 nitrogen and oxygen atoms in total. The van der Waals surface area contributed by atoms with Crippen LogP contribution < -0.4 is 0 Å². The van der Waals surface area contributed by atoms with Crippen molar-refractivity contribution in [3.8, 4) is 0 Å². The van der Waals surface area contributed by atoms with E-state index in [1.165, 1.54) is 10.8 Å². The molecular weight excluding hydrogens is 372 g/mol. The Morgan fingerprint density at radius 2 is 1.40 bits per heavy atom. The van der Waals surface area contributed by atoms with Crippen LogP contribution in [0.15, 0.2) is 89.4 Å². The molecule has 4 rings (SSSR count). The Kier molecular flexibility index (Phi) is 4.21. The predicted octanol–water partition coefficient (Wildman–Crippen LogP) is 6.65. The second kappa shape index (κ2) is 6.66. The van der Waals surface area contributed by atoms with E-state index >= 15 is 0 Å². The molecule has 0 aromatic heterocycles. The smallest absolute Gasteiger partial charge is 0.185 e. The maximum absolute atomic E-state index is 12.5. The molecule has 0 aliphatic carbocycles. The largest absolute Gasteiger partial charge is 0.289 e. The predicted molar refractivity (Wildman–Crippen MR) is 109 cm³/mol. The third-order valence-electron chi connectivity index (χ3n) is 4.32. The Morgan fingerprint density at radius 1 is 0.760 bits per heavy atom. The van der Waals surface area contributed by atoms with Gasteiger partial charge in [-0.25, -0.2) is 0 Å². The molecule has 0 aliphatic heterocycles. The molecule has 0 spiro atoms. The van der Waals surface area contributed by atoms with Gasteiger partial charge < -0.3 is 0 Å². The van der Waals surface area contributed by atoms with Crippen LogP contribution >= 0.6 is 15.9 Å². The molecule has 120 valence electrons. The molecule has 0 atom stereocenters. The first-order valence-corrected chi connectivity index (χ1v) is 8.90. The lowest BCUT2D eigenvalue weighted by Crippen LogP contribution is -1.93. The van der Waals surface area contributed by atoms with Gasteiger partial charge in [-0.3, -0.25) is 4.79 Å². The molecule has 0 saturated heterocycles. The van der Waals surface area contributed by atoms with E-state index in [2.05, 4.69) is 46.3 Å². The number of benzene rings is 4. The molecule has 0 unspecified atom stereocenters. The fourth-order valence-electron chi connectivity index (χ4n) is 3.13. The van der Waals surface area contributed by atoms with Crippen molar-refractivity contribution in [2.45, 2.75) is 0 Å². The molecule has 4 aromatic rings. The zero-order valence-electron chi connectivity index (χ0n) is 13.4. The van der Waals surface area contributed by atoms with E-state index in [9.17, 15) is 4.79 Å². The van der Waals surface area contributed by atoms with Crippen LogP contribution in [0.1, 0.15) is 15.9 Å². The molecule has 25 heavy (non-hydrogen) atoms. The SMILES string of the molecule is O=C(/C=C\c1c2ccccc2cc2ccccc12)c1cccc(Br)c1. The fraction of sp³-hybridized carbons (Fsp3) is 0. The van der Waals surface area contributed by atoms with Gasteiger partial charge in [-0.1, -0.05) is 76.6 Å². The summed E-state index contributed by atoms with van der Waals surface area (Å²) < 4.78 is 0.905. The first-order chi connectivity index (χ1) is 12.2. The van der Waals surface area contributed by atoms with Gasteiger partial charge in [0.2, 0.25) is 0 Å². The second-order valence-electron chi connectivity index (χ2n) is 5.94. The van der Waals surface area contributed by atoms with Gasteiger partial charge in [0.25, 0.3) is 0 Å².